The van der Waals surface area contributed by atoms with E-state index in [1.807, 2.05) is 11.0 Å². The Labute approximate surface area is 139 Å². The van der Waals surface area contributed by atoms with Crippen LogP contribution < -0.4 is 9.47 Å². The fourth-order valence-corrected chi connectivity index (χ4v) is 3.21. The second-order valence-corrected chi connectivity index (χ2v) is 6.67. The van der Waals surface area contributed by atoms with Crippen LogP contribution >= 0.6 is 0 Å². The average Bonchev–Trinajstić information content (AvgIpc) is 2.52. The number of fused-ring (bicyclic) bond motifs is 1. The first-order valence-corrected chi connectivity index (χ1v) is 8.11. The molecule has 2 amide bonds. The lowest BCUT2D eigenvalue weighted by Crippen LogP contribution is -2.45. The van der Waals surface area contributed by atoms with Gasteiger partial charge in [-0.25, -0.2) is 4.79 Å². The fourth-order valence-electron chi connectivity index (χ4n) is 3.21. The Balaban J connectivity index is 2.48. The lowest BCUT2D eigenvalue weighted by Gasteiger charge is -2.40. The van der Waals surface area contributed by atoms with E-state index in [1.54, 1.807) is 33.2 Å². The van der Waals surface area contributed by atoms with Crippen LogP contribution in [0, 0.1) is 5.92 Å². The molecule has 5 heteroatoms. The van der Waals surface area contributed by atoms with E-state index in [9.17, 15) is 4.79 Å². The molecule has 0 spiro atoms. The summed E-state index contributed by atoms with van der Waals surface area (Å²) >= 11 is 0. The van der Waals surface area contributed by atoms with Crippen LogP contribution in [0.1, 0.15) is 37.4 Å². The zero-order chi connectivity index (χ0) is 17.1. The number of benzene rings is 1. The number of urea groups is 1. The highest BCUT2D eigenvalue weighted by atomic mass is 16.5. The van der Waals surface area contributed by atoms with E-state index in [0.29, 0.717) is 5.92 Å². The summed E-state index contributed by atoms with van der Waals surface area (Å²) in [5, 5.41) is 0. The number of nitrogens with zero attached hydrogens (tertiary/aromatic N) is 2. The van der Waals surface area contributed by atoms with Crippen molar-refractivity contribution in [3.05, 3.63) is 23.3 Å². The standard InChI is InChI=1S/C18H28N2O3/c1-12(2)9-15-14-11-17(23-6)16(22-5)10-13(14)7-8-20(15)18(21)19(3)4/h10-12,15H,7-9H2,1-6H3. The Bertz CT molecular complexity index is 570. The highest BCUT2D eigenvalue weighted by molar-refractivity contribution is 5.75. The van der Waals surface area contributed by atoms with E-state index >= 15 is 0 Å². The molecule has 0 saturated heterocycles. The molecule has 0 N–H and O–H groups in total. The van der Waals surface area contributed by atoms with E-state index in [0.717, 1.165) is 30.9 Å². The molecular weight excluding hydrogens is 292 g/mol. The first-order valence-electron chi connectivity index (χ1n) is 8.11. The van der Waals surface area contributed by atoms with Crippen molar-refractivity contribution in [1.82, 2.24) is 9.80 Å². The molecule has 1 unspecified atom stereocenters. The predicted molar refractivity (Wildman–Crippen MR) is 91.2 cm³/mol. The summed E-state index contributed by atoms with van der Waals surface area (Å²) in [7, 11) is 6.91. The monoisotopic (exact) mass is 320 g/mol. The topological polar surface area (TPSA) is 42.0 Å². The minimum Gasteiger partial charge on any atom is -0.493 e. The van der Waals surface area contributed by atoms with Gasteiger partial charge in [0.15, 0.2) is 11.5 Å². The Kier molecular flexibility index (Phi) is 5.39. The van der Waals surface area contributed by atoms with Crippen LogP contribution in [-0.2, 0) is 6.42 Å². The maximum absolute atomic E-state index is 12.6. The molecule has 1 heterocycles. The number of amides is 2. The third kappa shape index (κ3) is 3.54. The van der Waals surface area contributed by atoms with Gasteiger partial charge in [-0.1, -0.05) is 13.8 Å². The van der Waals surface area contributed by atoms with Crippen molar-refractivity contribution in [2.24, 2.45) is 5.92 Å². The van der Waals surface area contributed by atoms with Crippen molar-refractivity contribution in [3.63, 3.8) is 0 Å². The fraction of sp³-hybridized carbons (Fsp3) is 0.611. The molecule has 0 aliphatic carbocycles. The molecular formula is C18H28N2O3. The Hall–Kier alpha value is -1.91. The molecule has 0 bridgehead atoms. The quantitative estimate of drug-likeness (QED) is 0.854. The number of rotatable bonds is 4. The minimum absolute atomic E-state index is 0.0658. The third-order valence-electron chi connectivity index (χ3n) is 4.33. The van der Waals surface area contributed by atoms with Crippen LogP contribution in [0.2, 0.25) is 0 Å². The summed E-state index contributed by atoms with van der Waals surface area (Å²) in [4.78, 5) is 16.2. The number of carbonyl (C=O) groups excluding carboxylic acids is 1. The highest BCUT2D eigenvalue weighted by Gasteiger charge is 2.33. The normalized spacial score (nSPS) is 17.0. The van der Waals surface area contributed by atoms with Gasteiger partial charge in [0.25, 0.3) is 0 Å². The summed E-state index contributed by atoms with van der Waals surface area (Å²) in [5.74, 6) is 1.97. The predicted octanol–water partition coefficient (Wildman–Crippen LogP) is 3.33. The highest BCUT2D eigenvalue weighted by Crippen LogP contribution is 2.40. The molecule has 0 fully saturated rings. The lowest BCUT2D eigenvalue weighted by molar-refractivity contribution is 0.135. The molecule has 0 radical (unpaired) electrons. The van der Waals surface area contributed by atoms with Crippen LogP contribution in [-0.4, -0.2) is 50.7 Å². The van der Waals surface area contributed by atoms with E-state index in [2.05, 4.69) is 19.9 Å². The SMILES string of the molecule is COc1cc2c(cc1OC)C(CC(C)C)N(C(=O)N(C)C)CC2. The molecule has 0 saturated carbocycles. The van der Waals surface area contributed by atoms with E-state index in [4.69, 9.17) is 9.47 Å². The van der Waals surface area contributed by atoms with Crippen LogP contribution in [0.4, 0.5) is 4.79 Å². The summed E-state index contributed by atoms with van der Waals surface area (Å²) in [6.07, 6.45) is 1.77. The average molecular weight is 320 g/mol. The van der Waals surface area contributed by atoms with Crippen molar-refractivity contribution in [1.29, 1.82) is 0 Å². The Morgan fingerprint density at radius 3 is 2.39 bits per heavy atom. The summed E-state index contributed by atoms with van der Waals surface area (Å²) in [6, 6.07) is 4.24. The number of ether oxygens (including phenoxy) is 2. The van der Waals surface area contributed by atoms with E-state index < -0.39 is 0 Å². The van der Waals surface area contributed by atoms with Gasteiger partial charge in [0.05, 0.1) is 20.3 Å². The van der Waals surface area contributed by atoms with Gasteiger partial charge in [0.2, 0.25) is 0 Å². The Morgan fingerprint density at radius 2 is 1.87 bits per heavy atom. The third-order valence-corrected chi connectivity index (χ3v) is 4.33. The Morgan fingerprint density at radius 1 is 1.26 bits per heavy atom. The minimum atomic E-state index is 0.0658. The van der Waals surface area contributed by atoms with Gasteiger partial charge in [-0.2, -0.15) is 0 Å². The van der Waals surface area contributed by atoms with Crippen molar-refractivity contribution >= 4 is 6.03 Å². The number of hydrogen-bond acceptors (Lipinski definition) is 3. The molecule has 23 heavy (non-hydrogen) atoms. The summed E-state index contributed by atoms with van der Waals surface area (Å²) in [5.41, 5.74) is 2.42. The lowest BCUT2D eigenvalue weighted by atomic mass is 9.87. The number of hydrogen-bond donors (Lipinski definition) is 0. The molecule has 2 rings (SSSR count). The maximum atomic E-state index is 12.6. The second kappa shape index (κ2) is 7.11. The maximum Gasteiger partial charge on any atom is 0.320 e. The molecule has 128 valence electrons. The van der Waals surface area contributed by atoms with Crippen molar-refractivity contribution < 1.29 is 14.3 Å². The van der Waals surface area contributed by atoms with Gasteiger partial charge in [-0.05, 0) is 42.0 Å². The van der Waals surface area contributed by atoms with Crippen LogP contribution in [0.5, 0.6) is 11.5 Å². The van der Waals surface area contributed by atoms with Gasteiger partial charge in [-0.3, -0.25) is 0 Å². The second-order valence-electron chi connectivity index (χ2n) is 6.67. The van der Waals surface area contributed by atoms with Crippen molar-refractivity contribution in [2.75, 3.05) is 34.9 Å². The van der Waals surface area contributed by atoms with Crippen LogP contribution in [0.25, 0.3) is 0 Å². The molecule has 1 aliphatic rings. The zero-order valence-corrected chi connectivity index (χ0v) is 15.0. The smallest absolute Gasteiger partial charge is 0.320 e. The molecule has 1 aromatic carbocycles. The largest absolute Gasteiger partial charge is 0.493 e. The van der Waals surface area contributed by atoms with Gasteiger partial charge in [-0.15, -0.1) is 0 Å². The van der Waals surface area contributed by atoms with Crippen LogP contribution in [0.15, 0.2) is 12.1 Å². The number of methoxy groups -OCH3 is 2. The molecule has 1 aliphatic heterocycles. The van der Waals surface area contributed by atoms with Gasteiger partial charge < -0.3 is 19.3 Å². The summed E-state index contributed by atoms with van der Waals surface area (Å²) in [6.45, 7) is 5.11. The molecule has 1 atom stereocenters. The van der Waals surface area contributed by atoms with Gasteiger partial charge >= 0.3 is 6.03 Å². The van der Waals surface area contributed by atoms with Crippen molar-refractivity contribution in [2.45, 2.75) is 32.7 Å². The molecule has 0 aromatic heterocycles. The first-order chi connectivity index (χ1) is 10.9. The first kappa shape index (κ1) is 17.4. The molecule has 5 nitrogen and oxygen atoms in total. The zero-order valence-electron chi connectivity index (χ0n) is 15.0. The van der Waals surface area contributed by atoms with Gasteiger partial charge in [0, 0.05) is 20.6 Å². The number of carbonyl (C=O) groups is 1. The van der Waals surface area contributed by atoms with Gasteiger partial charge in [0.1, 0.15) is 0 Å². The van der Waals surface area contributed by atoms with E-state index in [1.165, 1.54) is 11.1 Å². The van der Waals surface area contributed by atoms with Crippen LogP contribution in [0.3, 0.4) is 0 Å². The van der Waals surface area contributed by atoms with E-state index in [-0.39, 0.29) is 12.1 Å². The molecule has 1 aromatic rings. The summed E-state index contributed by atoms with van der Waals surface area (Å²) < 4.78 is 10.9. The van der Waals surface area contributed by atoms with Crippen molar-refractivity contribution in [3.8, 4) is 11.5 Å².